The summed E-state index contributed by atoms with van der Waals surface area (Å²) in [6.45, 7) is 3.94. The molecule has 1 N–H and O–H groups in total. The summed E-state index contributed by atoms with van der Waals surface area (Å²) in [5, 5.41) is 12.3. The van der Waals surface area contributed by atoms with Crippen LogP contribution in [-0.2, 0) is 0 Å². The molecule has 0 saturated carbocycles. The Balaban J connectivity index is 1.68. The minimum absolute atomic E-state index is 0.776. The van der Waals surface area contributed by atoms with E-state index in [1.165, 1.54) is 40.2 Å². The normalized spacial score (nSPS) is 10.7. The maximum atomic E-state index is 4.30. The summed E-state index contributed by atoms with van der Waals surface area (Å²) < 4.78 is 5.89. The molecule has 1 aromatic carbocycles. The summed E-state index contributed by atoms with van der Waals surface area (Å²) in [6, 6.07) is 8.17. The van der Waals surface area contributed by atoms with E-state index in [9.17, 15) is 0 Å². The van der Waals surface area contributed by atoms with E-state index in [4.69, 9.17) is 0 Å². The quantitative estimate of drug-likeness (QED) is 0.786. The number of aryl methyl sites for hydroxylation is 2. The molecule has 0 aliphatic heterocycles. The molecule has 0 spiro atoms. The smallest absolute Gasteiger partial charge is 0.210 e. The second-order valence-corrected chi connectivity index (χ2v) is 7.30. The Labute approximate surface area is 128 Å². The summed E-state index contributed by atoms with van der Waals surface area (Å²) in [5.74, 6) is 0.792. The molecule has 0 aliphatic carbocycles. The lowest BCUT2D eigenvalue weighted by Crippen LogP contribution is -1.88. The number of nitrogens with zero attached hydrogens (tertiary/aromatic N) is 4. The second-order valence-electron chi connectivity index (χ2n) is 4.07. The Morgan fingerprint density at radius 2 is 1.85 bits per heavy atom. The molecule has 8 heteroatoms. The predicted molar refractivity (Wildman–Crippen MR) is 83.1 cm³/mol. The van der Waals surface area contributed by atoms with Gasteiger partial charge in [0.1, 0.15) is 5.82 Å². The fourth-order valence-electron chi connectivity index (χ4n) is 1.46. The highest BCUT2D eigenvalue weighted by molar-refractivity contribution is 8.02. The van der Waals surface area contributed by atoms with Crippen molar-refractivity contribution in [1.82, 2.24) is 19.6 Å². The van der Waals surface area contributed by atoms with Crippen molar-refractivity contribution < 1.29 is 0 Å². The molecule has 0 amide bonds. The van der Waals surface area contributed by atoms with Gasteiger partial charge in [-0.3, -0.25) is 0 Å². The largest absolute Gasteiger partial charge is 0.330 e. The van der Waals surface area contributed by atoms with Gasteiger partial charge in [0.15, 0.2) is 8.68 Å². The van der Waals surface area contributed by atoms with Gasteiger partial charge < -0.3 is 5.32 Å². The van der Waals surface area contributed by atoms with Gasteiger partial charge in [0, 0.05) is 5.69 Å². The number of hydrogen-bond donors (Lipinski definition) is 1. The molecule has 2 heterocycles. The lowest BCUT2D eigenvalue weighted by molar-refractivity contribution is 1.01. The molecule has 0 unspecified atom stereocenters. The topological polar surface area (TPSA) is 63.6 Å². The van der Waals surface area contributed by atoms with Gasteiger partial charge in [0.05, 0.1) is 0 Å². The third-order valence-electron chi connectivity index (χ3n) is 2.39. The third kappa shape index (κ3) is 3.33. The van der Waals surface area contributed by atoms with Crippen molar-refractivity contribution in [3.8, 4) is 0 Å². The van der Waals surface area contributed by atoms with Crippen molar-refractivity contribution in [2.75, 3.05) is 5.32 Å². The van der Waals surface area contributed by atoms with Gasteiger partial charge in [0.2, 0.25) is 5.13 Å². The van der Waals surface area contributed by atoms with Crippen molar-refractivity contribution in [3.63, 3.8) is 0 Å². The van der Waals surface area contributed by atoms with Crippen molar-refractivity contribution in [2.24, 2.45) is 0 Å². The third-order valence-corrected chi connectivity index (χ3v) is 5.12. The van der Waals surface area contributed by atoms with Crippen LogP contribution < -0.4 is 5.32 Å². The van der Waals surface area contributed by atoms with Crippen LogP contribution in [-0.4, -0.2) is 19.6 Å². The van der Waals surface area contributed by atoms with E-state index in [2.05, 4.69) is 43.9 Å². The molecule has 0 aliphatic rings. The molecule has 0 saturated heterocycles. The molecule has 20 heavy (non-hydrogen) atoms. The summed E-state index contributed by atoms with van der Waals surface area (Å²) in [4.78, 5) is 4.30. The van der Waals surface area contributed by atoms with E-state index in [1.807, 2.05) is 19.1 Å². The first kappa shape index (κ1) is 13.5. The monoisotopic (exact) mass is 321 g/mol. The van der Waals surface area contributed by atoms with E-state index >= 15 is 0 Å². The average Bonchev–Trinajstić information content (AvgIpc) is 3.02. The zero-order valence-electron chi connectivity index (χ0n) is 10.8. The summed E-state index contributed by atoms with van der Waals surface area (Å²) >= 11 is 4.38. The SMILES string of the molecule is Cc1ccc(Nc2nnc(Sc3nc(C)ns3)s2)cc1. The van der Waals surface area contributed by atoms with Crippen molar-refractivity contribution >= 4 is 45.5 Å². The van der Waals surface area contributed by atoms with Gasteiger partial charge in [-0.1, -0.05) is 29.0 Å². The molecule has 102 valence electrons. The van der Waals surface area contributed by atoms with E-state index in [1.54, 1.807) is 0 Å². The maximum absolute atomic E-state index is 4.30. The van der Waals surface area contributed by atoms with Gasteiger partial charge in [-0.25, -0.2) is 4.98 Å². The Bertz CT molecular complexity index is 704. The maximum Gasteiger partial charge on any atom is 0.210 e. The molecule has 3 aromatic rings. The van der Waals surface area contributed by atoms with Crippen LogP contribution >= 0.6 is 34.6 Å². The fourth-order valence-corrected chi connectivity index (χ4v) is 4.08. The van der Waals surface area contributed by atoms with Crippen LogP contribution in [0.4, 0.5) is 10.8 Å². The van der Waals surface area contributed by atoms with Gasteiger partial charge in [-0.2, -0.15) is 4.37 Å². The highest BCUT2D eigenvalue weighted by Gasteiger charge is 2.09. The number of rotatable bonds is 4. The van der Waals surface area contributed by atoms with Crippen LogP contribution in [0.2, 0.25) is 0 Å². The van der Waals surface area contributed by atoms with Gasteiger partial charge in [-0.15, -0.1) is 10.2 Å². The molecule has 0 atom stereocenters. The van der Waals surface area contributed by atoms with E-state index < -0.39 is 0 Å². The first-order valence-electron chi connectivity index (χ1n) is 5.84. The lowest BCUT2D eigenvalue weighted by atomic mass is 10.2. The first-order valence-corrected chi connectivity index (χ1v) is 8.25. The molecular formula is C12H11N5S3. The average molecular weight is 321 g/mol. The number of nitrogens with one attached hydrogen (secondary N) is 1. The number of aromatic nitrogens is 4. The molecule has 0 bridgehead atoms. The van der Waals surface area contributed by atoms with Crippen molar-refractivity contribution in [1.29, 1.82) is 0 Å². The number of benzene rings is 1. The van der Waals surface area contributed by atoms with E-state index in [-0.39, 0.29) is 0 Å². The zero-order chi connectivity index (χ0) is 13.9. The van der Waals surface area contributed by atoms with Crippen molar-refractivity contribution in [2.45, 2.75) is 22.5 Å². The standard InChI is InChI=1S/C12H11N5S3/c1-7-3-5-9(6-4-7)14-10-15-16-12(18-10)19-11-13-8(2)17-20-11/h3-6H,1-2H3,(H,14,15). The lowest BCUT2D eigenvalue weighted by Gasteiger charge is -2.01. The zero-order valence-corrected chi connectivity index (χ0v) is 13.3. The molecule has 5 nitrogen and oxygen atoms in total. The molecule has 2 aromatic heterocycles. The van der Waals surface area contributed by atoms with Crippen LogP contribution in [0, 0.1) is 13.8 Å². The van der Waals surface area contributed by atoms with Crippen molar-refractivity contribution in [3.05, 3.63) is 35.7 Å². The van der Waals surface area contributed by atoms with Crippen LogP contribution in [0.15, 0.2) is 32.9 Å². The molecule has 0 fully saturated rings. The first-order chi connectivity index (χ1) is 9.69. The van der Waals surface area contributed by atoms with Crippen LogP contribution in [0.25, 0.3) is 0 Å². The minimum atomic E-state index is 0.776. The second kappa shape index (κ2) is 5.86. The highest BCUT2D eigenvalue weighted by Crippen LogP contribution is 2.33. The summed E-state index contributed by atoms with van der Waals surface area (Å²) in [5.41, 5.74) is 2.24. The van der Waals surface area contributed by atoms with E-state index in [0.717, 1.165) is 25.3 Å². The predicted octanol–water partition coefficient (Wildman–Crippen LogP) is 3.90. The molecule has 3 rings (SSSR count). The summed E-state index contributed by atoms with van der Waals surface area (Å²) in [7, 11) is 0. The van der Waals surface area contributed by atoms with Crippen LogP contribution in [0.3, 0.4) is 0 Å². The van der Waals surface area contributed by atoms with Gasteiger partial charge >= 0.3 is 0 Å². The minimum Gasteiger partial charge on any atom is -0.330 e. The molecule has 0 radical (unpaired) electrons. The Kier molecular flexibility index (Phi) is 3.95. The Morgan fingerprint density at radius 3 is 2.55 bits per heavy atom. The van der Waals surface area contributed by atoms with Gasteiger partial charge in [-0.05, 0) is 49.3 Å². The Morgan fingerprint density at radius 1 is 1.05 bits per heavy atom. The van der Waals surface area contributed by atoms with Crippen LogP contribution in [0.1, 0.15) is 11.4 Å². The number of anilines is 2. The van der Waals surface area contributed by atoms with Crippen LogP contribution in [0.5, 0.6) is 0 Å². The summed E-state index contributed by atoms with van der Waals surface area (Å²) in [6.07, 6.45) is 0. The fraction of sp³-hybridized carbons (Fsp3) is 0.167. The highest BCUT2D eigenvalue weighted by atomic mass is 32.2. The van der Waals surface area contributed by atoms with E-state index in [0.29, 0.717) is 0 Å². The number of hydrogen-bond acceptors (Lipinski definition) is 8. The Hall–Kier alpha value is -1.51. The molecular weight excluding hydrogens is 310 g/mol. The van der Waals surface area contributed by atoms with Gasteiger partial charge in [0.25, 0.3) is 0 Å².